The predicted octanol–water partition coefficient (Wildman–Crippen LogP) is 4.79. The van der Waals surface area contributed by atoms with Crippen LogP contribution >= 0.6 is 15.9 Å². The van der Waals surface area contributed by atoms with Gasteiger partial charge in [-0.25, -0.2) is 8.42 Å². The summed E-state index contributed by atoms with van der Waals surface area (Å²) >= 11 is 3.39. The van der Waals surface area contributed by atoms with E-state index < -0.39 is 10.0 Å². The van der Waals surface area contributed by atoms with Gasteiger partial charge in [-0.3, -0.25) is 4.72 Å². The lowest BCUT2D eigenvalue weighted by molar-refractivity contribution is 0.599. The first-order valence-electron chi connectivity index (χ1n) is 7.00. The molecule has 0 saturated carbocycles. The quantitative estimate of drug-likeness (QED) is 0.830. The lowest BCUT2D eigenvalue weighted by atomic mass is 10.0. The minimum Gasteiger partial charge on any atom is -0.279 e. The van der Waals surface area contributed by atoms with Gasteiger partial charge in [0.15, 0.2) is 0 Å². The summed E-state index contributed by atoms with van der Waals surface area (Å²) in [5.41, 5.74) is 5.03. The second kappa shape index (κ2) is 6.05. The van der Waals surface area contributed by atoms with Gasteiger partial charge in [0, 0.05) is 4.47 Å². The Bertz CT molecular complexity index is 816. The van der Waals surface area contributed by atoms with Crippen LogP contribution in [0.2, 0.25) is 0 Å². The first-order chi connectivity index (χ1) is 10.1. The second-order valence-corrected chi connectivity index (χ2v) is 8.19. The fourth-order valence-electron chi connectivity index (χ4n) is 2.52. The fourth-order valence-corrected chi connectivity index (χ4v) is 4.75. The highest BCUT2D eigenvalue weighted by Gasteiger charge is 2.22. The van der Waals surface area contributed by atoms with Crippen molar-refractivity contribution < 1.29 is 8.42 Å². The van der Waals surface area contributed by atoms with Crippen molar-refractivity contribution in [2.24, 2.45) is 0 Å². The molecule has 0 fully saturated rings. The van der Waals surface area contributed by atoms with Gasteiger partial charge < -0.3 is 0 Å². The molecular weight excluding hydrogens is 362 g/mol. The Hall–Kier alpha value is -1.33. The SMILES string of the molecule is Cc1cc(Br)ccc1NS(=O)(=O)c1c(C)c(C)cc(C)c1C. The van der Waals surface area contributed by atoms with Gasteiger partial charge in [0.1, 0.15) is 0 Å². The Morgan fingerprint density at radius 1 is 0.864 bits per heavy atom. The van der Waals surface area contributed by atoms with Gasteiger partial charge in [0.05, 0.1) is 10.6 Å². The minimum absolute atomic E-state index is 0.382. The van der Waals surface area contributed by atoms with Crippen molar-refractivity contribution in [2.75, 3.05) is 4.72 Å². The molecule has 0 amide bonds. The number of benzene rings is 2. The van der Waals surface area contributed by atoms with Crippen LogP contribution < -0.4 is 4.72 Å². The normalized spacial score (nSPS) is 11.5. The van der Waals surface area contributed by atoms with E-state index in [4.69, 9.17) is 0 Å². The molecule has 1 N–H and O–H groups in total. The Morgan fingerprint density at radius 3 is 1.91 bits per heavy atom. The van der Waals surface area contributed by atoms with Gasteiger partial charge in [0.25, 0.3) is 10.0 Å². The van der Waals surface area contributed by atoms with Crippen molar-refractivity contribution in [1.29, 1.82) is 0 Å². The highest BCUT2D eigenvalue weighted by molar-refractivity contribution is 9.10. The van der Waals surface area contributed by atoms with Gasteiger partial charge in [-0.2, -0.15) is 0 Å². The zero-order valence-corrected chi connectivity index (χ0v) is 15.8. The van der Waals surface area contributed by atoms with Crippen molar-refractivity contribution in [3.05, 3.63) is 56.6 Å². The summed E-state index contributed by atoms with van der Waals surface area (Å²) in [6, 6.07) is 7.50. The Labute approximate surface area is 140 Å². The summed E-state index contributed by atoms with van der Waals surface area (Å²) in [5.74, 6) is 0. The van der Waals surface area contributed by atoms with Crippen molar-refractivity contribution in [1.82, 2.24) is 0 Å². The van der Waals surface area contributed by atoms with E-state index in [9.17, 15) is 8.42 Å². The molecule has 118 valence electrons. The zero-order chi connectivity index (χ0) is 16.7. The Balaban J connectivity index is 2.57. The number of hydrogen-bond donors (Lipinski definition) is 1. The van der Waals surface area contributed by atoms with Gasteiger partial charge in [-0.1, -0.05) is 22.0 Å². The molecule has 0 spiro atoms. The zero-order valence-electron chi connectivity index (χ0n) is 13.4. The molecule has 2 aromatic carbocycles. The van der Waals surface area contributed by atoms with Crippen LogP contribution in [0, 0.1) is 34.6 Å². The molecule has 2 rings (SSSR count). The van der Waals surface area contributed by atoms with E-state index in [0.29, 0.717) is 10.6 Å². The molecule has 0 bridgehead atoms. The maximum Gasteiger partial charge on any atom is 0.262 e. The van der Waals surface area contributed by atoms with E-state index in [-0.39, 0.29) is 0 Å². The predicted molar refractivity (Wildman–Crippen MR) is 95.1 cm³/mol. The van der Waals surface area contributed by atoms with Crippen molar-refractivity contribution in [3.8, 4) is 0 Å². The molecular formula is C17H20BrNO2S. The van der Waals surface area contributed by atoms with Crippen LogP contribution in [0.1, 0.15) is 27.8 Å². The number of nitrogens with one attached hydrogen (secondary N) is 1. The van der Waals surface area contributed by atoms with Crippen LogP contribution in [0.15, 0.2) is 33.6 Å². The van der Waals surface area contributed by atoms with Crippen molar-refractivity contribution >= 4 is 31.6 Å². The lowest BCUT2D eigenvalue weighted by Gasteiger charge is -2.17. The van der Waals surface area contributed by atoms with E-state index in [1.54, 1.807) is 6.07 Å². The highest BCUT2D eigenvalue weighted by atomic mass is 79.9. The van der Waals surface area contributed by atoms with E-state index in [1.165, 1.54) is 0 Å². The van der Waals surface area contributed by atoms with E-state index in [1.807, 2.05) is 52.8 Å². The van der Waals surface area contributed by atoms with Crippen LogP contribution in [0.5, 0.6) is 0 Å². The number of sulfonamides is 1. The van der Waals surface area contributed by atoms with Gasteiger partial charge in [-0.05, 0) is 80.6 Å². The number of aryl methyl sites for hydroxylation is 3. The summed E-state index contributed by atoms with van der Waals surface area (Å²) in [7, 11) is -3.62. The lowest BCUT2D eigenvalue weighted by Crippen LogP contribution is -2.17. The van der Waals surface area contributed by atoms with Crippen LogP contribution in [0.3, 0.4) is 0 Å². The number of hydrogen-bond acceptors (Lipinski definition) is 2. The molecule has 2 aromatic rings. The first kappa shape index (κ1) is 17.0. The molecule has 0 aromatic heterocycles. The molecule has 3 nitrogen and oxygen atoms in total. The third-order valence-electron chi connectivity index (χ3n) is 4.00. The minimum atomic E-state index is -3.62. The molecule has 0 aliphatic rings. The van der Waals surface area contributed by atoms with E-state index >= 15 is 0 Å². The monoisotopic (exact) mass is 381 g/mol. The third kappa shape index (κ3) is 3.20. The molecule has 0 aliphatic carbocycles. The van der Waals surface area contributed by atoms with E-state index in [2.05, 4.69) is 20.7 Å². The molecule has 0 unspecified atom stereocenters. The van der Waals surface area contributed by atoms with Crippen LogP contribution in [0.4, 0.5) is 5.69 Å². The number of halogens is 1. The summed E-state index contributed by atoms with van der Waals surface area (Å²) in [5, 5.41) is 0. The summed E-state index contributed by atoms with van der Waals surface area (Å²) in [6.45, 7) is 9.46. The fraction of sp³-hybridized carbons (Fsp3) is 0.294. The molecule has 5 heteroatoms. The Morgan fingerprint density at radius 2 is 1.41 bits per heavy atom. The number of anilines is 1. The van der Waals surface area contributed by atoms with Crippen molar-refractivity contribution in [2.45, 2.75) is 39.5 Å². The number of rotatable bonds is 3. The summed E-state index contributed by atoms with van der Waals surface area (Å²) in [4.78, 5) is 0.382. The topological polar surface area (TPSA) is 46.2 Å². The van der Waals surface area contributed by atoms with Gasteiger partial charge >= 0.3 is 0 Å². The summed E-state index contributed by atoms with van der Waals surface area (Å²) in [6.07, 6.45) is 0. The summed E-state index contributed by atoms with van der Waals surface area (Å²) < 4.78 is 29.4. The van der Waals surface area contributed by atoms with Gasteiger partial charge in [-0.15, -0.1) is 0 Å². The second-order valence-electron chi connectivity index (χ2n) is 5.65. The van der Waals surface area contributed by atoms with Crippen LogP contribution in [0.25, 0.3) is 0 Å². The maximum atomic E-state index is 12.9. The van der Waals surface area contributed by atoms with Crippen LogP contribution in [-0.4, -0.2) is 8.42 Å². The molecule has 22 heavy (non-hydrogen) atoms. The average molecular weight is 382 g/mol. The van der Waals surface area contributed by atoms with Crippen LogP contribution in [-0.2, 0) is 10.0 Å². The smallest absolute Gasteiger partial charge is 0.262 e. The molecule has 0 radical (unpaired) electrons. The van der Waals surface area contributed by atoms with E-state index in [0.717, 1.165) is 32.3 Å². The van der Waals surface area contributed by atoms with Crippen molar-refractivity contribution in [3.63, 3.8) is 0 Å². The molecule has 0 saturated heterocycles. The van der Waals surface area contributed by atoms with Gasteiger partial charge in [0.2, 0.25) is 0 Å². The molecule has 0 heterocycles. The average Bonchev–Trinajstić information content (AvgIpc) is 2.40. The first-order valence-corrected chi connectivity index (χ1v) is 9.27. The molecule has 0 atom stereocenters. The highest BCUT2D eigenvalue weighted by Crippen LogP contribution is 2.29. The third-order valence-corrected chi connectivity index (χ3v) is 6.13. The maximum absolute atomic E-state index is 12.9. The largest absolute Gasteiger partial charge is 0.279 e. The molecule has 0 aliphatic heterocycles. The standard InChI is InChI=1S/C17H20BrNO2S/c1-10-8-11(2)14(5)17(13(10)4)22(20,21)19-16-7-6-15(18)9-12(16)3/h6-9,19H,1-5H3. The Kier molecular flexibility index (Phi) is 4.68.